The molecule has 0 fully saturated rings. The Balaban J connectivity index is 2.59. The zero-order chi connectivity index (χ0) is 15.6. The third-order valence-corrected chi connectivity index (χ3v) is 2.75. The van der Waals surface area contributed by atoms with Crippen molar-refractivity contribution in [1.29, 1.82) is 0 Å². The van der Waals surface area contributed by atoms with Crippen molar-refractivity contribution in [3.8, 4) is 5.75 Å². The summed E-state index contributed by atoms with van der Waals surface area (Å²) in [6.45, 7) is 1.54. The van der Waals surface area contributed by atoms with Gasteiger partial charge in [-0.25, -0.2) is 0 Å². The van der Waals surface area contributed by atoms with E-state index in [1.54, 1.807) is 0 Å². The molecule has 0 amide bonds. The summed E-state index contributed by atoms with van der Waals surface area (Å²) in [7, 11) is 0. The predicted molar refractivity (Wildman–Crippen MR) is 75.9 cm³/mol. The van der Waals surface area contributed by atoms with Crippen LogP contribution >= 0.6 is 0 Å². The monoisotopic (exact) mass is 289 g/mol. The van der Waals surface area contributed by atoms with Gasteiger partial charge in [-0.1, -0.05) is 6.07 Å². The summed E-state index contributed by atoms with van der Waals surface area (Å²) in [6.07, 6.45) is 0. The first kappa shape index (κ1) is 14.3. The van der Waals surface area contributed by atoms with Crippen LogP contribution in [0.3, 0.4) is 0 Å². The van der Waals surface area contributed by atoms with Gasteiger partial charge in [-0.2, -0.15) is 0 Å². The second-order valence-electron chi connectivity index (χ2n) is 4.37. The maximum atomic E-state index is 11.1. The molecule has 0 spiro atoms. The van der Waals surface area contributed by atoms with Crippen LogP contribution in [-0.4, -0.2) is 15.0 Å². The van der Waals surface area contributed by atoms with Crippen molar-refractivity contribution >= 4 is 22.7 Å². The minimum absolute atomic E-state index is 0.0579. The number of nitrogens with one attached hydrogen (secondary N) is 1. The Bertz CT molecular complexity index is 694. The lowest BCUT2D eigenvalue weighted by Crippen LogP contribution is -2.02. The van der Waals surface area contributed by atoms with Crippen molar-refractivity contribution in [2.45, 2.75) is 6.92 Å². The lowest BCUT2D eigenvalue weighted by molar-refractivity contribution is -0.392. The van der Waals surface area contributed by atoms with Crippen molar-refractivity contribution in [2.24, 2.45) is 0 Å². The van der Waals surface area contributed by atoms with Gasteiger partial charge in [-0.15, -0.1) is 0 Å². The SMILES string of the molecule is Cc1cc([N+](=O)[O-])c(Nc2cccc(O)c2)c([N+](=O)[O-])c1. The van der Waals surface area contributed by atoms with Gasteiger partial charge >= 0.3 is 0 Å². The lowest BCUT2D eigenvalue weighted by atomic mass is 10.1. The number of rotatable bonds is 4. The summed E-state index contributed by atoms with van der Waals surface area (Å²) in [5.74, 6) is -0.0579. The lowest BCUT2D eigenvalue weighted by Gasteiger charge is -2.09. The van der Waals surface area contributed by atoms with E-state index in [2.05, 4.69) is 5.32 Å². The maximum Gasteiger partial charge on any atom is 0.300 e. The molecule has 0 saturated carbocycles. The van der Waals surface area contributed by atoms with Crippen LogP contribution in [-0.2, 0) is 0 Å². The molecule has 2 rings (SSSR count). The summed E-state index contributed by atoms with van der Waals surface area (Å²) < 4.78 is 0. The summed E-state index contributed by atoms with van der Waals surface area (Å²) in [5.41, 5.74) is -0.295. The summed E-state index contributed by atoms with van der Waals surface area (Å²) >= 11 is 0. The molecule has 8 heteroatoms. The molecule has 0 heterocycles. The van der Waals surface area contributed by atoms with Crippen molar-refractivity contribution < 1.29 is 15.0 Å². The third-order valence-electron chi connectivity index (χ3n) is 2.75. The highest BCUT2D eigenvalue weighted by Crippen LogP contribution is 2.37. The highest BCUT2D eigenvalue weighted by atomic mass is 16.6. The van der Waals surface area contributed by atoms with Crippen LogP contribution in [0, 0.1) is 27.2 Å². The zero-order valence-electron chi connectivity index (χ0n) is 10.9. The Morgan fingerprint density at radius 1 is 1.05 bits per heavy atom. The molecular weight excluding hydrogens is 278 g/mol. The van der Waals surface area contributed by atoms with Gasteiger partial charge in [-0.05, 0) is 24.6 Å². The van der Waals surface area contributed by atoms with E-state index in [-0.39, 0.29) is 11.4 Å². The number of nitro groups is 2. The summed E-state index contributed by atoms with van der Waals surface area (Å²) in [5, 5.41) is 34.2. The smallest absolute Gasteiger partial charge is 0.300 e. The minimum Gasteiger partial charge on any atom is -0.508 e. The third kappa shape index (κ3) is 3.06. The summed E-state index contributed by atoms with van der Waals surface area (Å²) in [4.78, 5) is 20.8. The van der Waals surface area contributed by atoms with E-state index in [0.29, 0.717) is 11.3 Å². The van der Waals surface area contributed by atoms with E-state index < -0.39 is 21.2 Å². The number of phenols is 1. The van der Waals surface area contributed by atoms with Crippen LogP contribution in [0.2, 0.25) is 0 Å². The first-order chi connectivity index (χ1) is 9.88. The van der Waals surface area contributed by atoms with Gasteiger partial charge in [0.2, 0.25) is 0 Å². The van der Waals surface area contributed by atoms with E-state index in [1.165, 1.54) is 43.3 Å². The van der Waals surface area contributed by atoms with Gasteiger partial charge in [0.25, 0.3) is 11.4 Å². The number of hydrogen-bond acceptors (Lipinski definition) is 6. The van der Waals surface area contributed by atoms with Gasteiger partial charge in [0, 0.05) is 23.9 Å². The molecule has 0 aliphatic heterocycles. The Kier molecular flexibility index (Phi) is 3.70. The van der Waals surface area contributed by atoms with E-state index in [1.807, 2.05) is 0 Å². The molecule has 0 radical (unpaired) electrons. The number of nitrogens with zero attached hydrogens (tertiary/aromatic N) is 2. The van der Waals surface area contributed by atoms with Gasteiger partial charge in [0.05, 0.1) is 9.85 Å². The molecule has 8 nitrogen and oxygen atoms in total. The molecule has 2 aromatic rings. The quantitative estimate of drug-likeness (QED) is 0.658. The number of hydrogen-bond donors (Lipinski definition) is 2. The molecule has 21 heavy (non-hydrogen) atoms. The van der Waals surface area contributed by atoms with Crippen LogP contribution in [0.15, 0.2) is 36.4 Å². The van der Waals surface area contributed by atoms with Crippen LogP contribution in [0.4, 0.5) is 22.7 Å². The fraction of sp³-hybridized carbons (Fsp3) is 0.0769. The molecule has 0 aliphatic carbocycles. The largest absolute Gasteiger partial charge is 0.508 e. The van der Waals surface area contributed by atoms with Crippen LogP contribution < -0.4 is 5.32 Å². The average Bonchev–Trinajstić information content (AvgIpc) is 2.39. The molecule has 0 atom stereocenters. The van der Waals surface area contributed by atoms with Gasteiger partial charge in [0.1, 0.15) is 5.75 Å². The number of nitro benzene ring substituents is 2. The molecule has 0 saturated heterocycles. The van der Waals surface area contributed by atoms with E-state index >= 15 is 0 Å². The van der Waals surface area contributed by atoms with E-state index in [0.717, 1.165) is 0 Å². The fourth-order valence-electron chi connectivity index (χ4n) is 1.89. The molecular formula is C13H11N3O5. The van der Waals surface area contributed by atoms with Gasteiger partial charge in [0.15, 0.2) is 5.69 Å². The molecule has 0 bridgehead atoms. The second kappa shape index (κ2) is 5.45. The average molecular weight is 289 g/mol. The van der Waals surface area contributed by atoms with E-state index in [9.17, 15) is 25.3 Å². The molecule has 2 N–H and O–H groups in total. The maximum absolute atomic E-state index is 11.1. The Labute approximate surface area is 119 Å². The molecule has 2 aromatic carbocycles. The van der Waals surface area contributed by atoms with Gasteiger partial charge in [-0.3, -0.25) is 20.2 Å². The fourth-order valence-corrected chi connectivity index (χ4v) is 1.89. The highest BCUT2D eigenvalue weighted by Gasteiger charge is 2.26. The van der Waals surface area contributed by atoms with E-state index in [4.69, 9.17) is 0 Å². The molecule has 108 valence electrons. The van der Waals surface area contributed by atoms with Crippen LogP contribution in [0.25, 0.3) is 0 Å². The first-order valence-electron chi connectivity index (χ1n) is 5.88. The number of phenolic OH excluding ortho intramolecular Hbond substituents is 1. The van der Waals surface area contributed by atoms with Crippen molar-refractivity contribution in [3.63, 3.8) is 0 Å². The minimum atomic E-state index is -0.689. The predicted octanol–water partition coefficient (Wildman–Crippen LogP) is 3.26. The second-order valence-corrected chi connectivity index (χ2v) is 4.37. The van der Waals surface area contributed by atoms with Crippen LogP contribution in [0.5, 0.6) is 5.75 Å². The highest BCUT2D eigenvalue weighted by molar-refractivity contribution is 5.79. The molecule has 0 aromatic heterocycles. The molecule has 0 unspecified atom stereocenters. The van der Waals surface area contributed by atoms with Crippen molar-refractivity contribution in [1.82, 2.24) is 0 Å². The Morgan fingerprint density at radius 3 is 2.10 bits per heavy atom. The van der Waals surface area contributed by atoms with Crippen molar-refractivity contribution in [3.05, 3.63) is 62.2 Å². The topological polar surface area (TPSA) is 119 Å². The summed E-state index contributed by atoms with van der Waals surface area (Å²) in [6, 6.07) is 8.28. The first-order valence-corrected chi connectivity index (χ1v) is 5.88. The standard InChI is InChI=1S/C13H11N3O5/c1-8-5-11(15(18)19)13(12(6-8)16(20)21)14-9-3-2-4-10(17)7-9/h2-7,14,17H,1H3. The molecule has 0 aliphatic rings. The number of aryl methyl sites for hydroxylation is 1. The van der Waals surface area contributed by atoms with Gasteiger partial charge < -0.3 is 10.4 Å². The number of anilines is 2. The Morgan fingerprint density at radius 2 is 1.62 bits per heavy atom. The van der Waals surface area contributed by atoms with Crippen molar-refractivity contribution in [2.75, 3.05) is 5.32 Å². The number of aromatic hydroxyl groups is 1. The van der Waals surface area contributed by atoms with Crippen LogP contribution in [0.1, 0.15) is 5.56 Å². The number of benzene rings is 2. The zero-order valence-corrected chi connectivity index (χ0v) is 10.9. The normalized spacial score (nSPS) is 10.1. The Hall–Kier alpha value is -3.16.